The van der Waals surface area contributed by atoms with E-state index < -0.39 is 0 Å². The number of halogens is 1. The third kappa shape index (κ3) is 2.13. The van der Waals surface area contributed by atoms with Crippen molar-refractivity contribution in [1.29, 1.82) is 0 Å². The molecule has 0 spiro atoms. The first kappa shape index (κ1) is 12.8. The molecule has 0 bridgehead atoms. The van der Waals surface area contributed by atoms with Gasteiger partial charge >= 0.3 is 0 Å². The van der Waals surface area contributed by atoms with Crippen molar-refractivity contribution in [2.45, 2.75) is 25.7 Å². The number of hydrogen-bond donors (Lipinski definition) is 0. The summed E-state index contributed by atoms with van der Waals surface area (Å²) in [4.78, 5) is 4.94. The lowest BCUT2D eigenvalue weighted by atomic mass is 9.86. The lowest BCUT2D eigenvalue weighted by molar-refractivity contribution is 0.689. The number of aromatic nitrogens is 1. The molecule has 1 aromatic heterocycles. The van der Waals surface area contributed by atoms with Crippen LogP contribution in [-0.2, 0) is 12.8 Å². The molecule has 0 saturated carbocycles. The van der Waals surface area contributed by atoms with E-state index in [1.54, 1.807) is 0 Å². The maximum atomic E-state index is 6.41. The Hall–Kier alpha value is -1.86. The van der Waals surface area contributed by atoms with Crippen molar-refractivity contribution in [2.75, 3.05) is 0 Å². The average molecular weight is 294 g/mol. The Morgan fingerprint density at radius 3 is 2.38 bits per heavy atom. The Bertz CT molecular complexity index is 823. The number of para-hydroxylation sites is 1. The van der Waals surface area contributed by atoms with Crippen molar-refractivity contribution in [2.24, 2.45) is 0 Å². The van der Waals surface area contributed by atoms with Gasteiger partial charge in [0, 0.05) is 16.0 Å². The average Bonchev–Trinajstić information content (AvgIpc) is 2.55. The molecule has 1 aliphatic rings. The molecule has 0 N–H and O–H groups in total. The molecule has 0 unspecified atom stereocenters. The van der Waals surface area contributed by atoms with E-state index >= 15 is 0 Å². The number of nitrogens with zero attached hydrogens (tertiary/aromatic N) is 1. The maximum absolute atomic E-state index is 6.41. The maximum Gasteiger partial charge on any atom is 0.0759 e. The first-order chi connectivity index (χ1) is 10.3. The van der Waals surface area contributed by atoms with Crippen LogP contribution in [0.1, 0.15) is 24.0 Å². The predicted octanol–water partition coefficient (Wildman–Crippen LogP) is 5.43. The van der Waals surface area contributed by atoms with Crippen LogP contribution >= 0.6 is 11.6 Å². The number of hydrogen-bond acceptors (Lipinski definition) is 1. The van der Waals surface area contributed by atoms with Gasteiger partial charge in [0.25, 0.3) is 0 Å². The minimum atomic E-state index is 0.785. The third-order valence-electron chi connectivity index (χ3n) is 4.34. The number of aryl methyl sites for hydroxylation is 1. The summed E-state index contributed by atoms with van der Waals surface area (Å²) in [5.41, 5.74) is 6.08. The quantitative estimate of drug-likeness (QED) is 0.582. The van der Waals surface area contributed by atoms with Crippen LogP contribution in [0.15, 0.2) is 48.5 Å². The van der Waals surface area contributed by atoms with E-state index in [9.17, 15) is 0 Å². The van der Waals surface area contributed by atoms with Gasteiger partial charge in [-0.1, -0.05) is 48.0 Å². The van der Waals surface area contributed by atoms with E-state index in [1.165, 1.54) is 29.4 Å². The van der Waals surface area contributed by atoms with Crippen molar-refractivity contribution in [3.8, 4) is 11.3 Å². The zero-order valence-corrected chi connectivity index (χ0v) is 12.5. The fraction of sp³-hybridized carbons (Fsp3) is 0.211. The van der Waals surface area contributed by atoms with Crippen molar-refractivity contribution in [3.63, 3.8) is 0 Å². The molecule has 1 nitrogen and oxygen atoms in total. The van der Waals surface area contributed by atoms with Gasteiger partial charge in [-0.3, -0.25) is 0 Å². The third-order valence-corrected chi connectivity index (χ3v) is 4.67. The number of fused-ring (bicyclic) bond motifs is 3. The first-order valence-corrected chi connectivity index (χ1v) is 7.88. The van der Waals surface area contributed by atoms with E-state index in [0.717, 1.165) is 34.6 Å². The second-order valence-corrected chi connectivity index (χ2v) is 6.03. The van der Waals surface area contributed by atoms with E-state index in [2.05, 4.69) is 30.3 Å². The lowest BCUT2D eigenvalue weighted by Crippen LogP contribution is -2.07. The van der Waals surface area contributed by atoms with Crippen LogP contribution in [0.3, 0.4) is 0 Å². The zero-order chi connectivity index (χ0) is 14.2. The van der Waals surface area contributed by atoms with Crippen LogP contribution in [0.5, 0.6) is 0 Å². The number of rotatable bonds is 1. The topological polar surface area (TPSA) is 12.9 Å². The van der Waals surface area contributed by atoms with E-state index in [-0.39, 0.29) is 0 Å². The second-order valence-electron chi connectivity index (χ2n) is 5.62. The fourth-order valence-corrected chi connectivity index (χ4v) is 3.58. The van der Waals surface area contributed by atoms with Gasteiger partial charge in [0.15, 0.2) is 0 Å². The van der Waals surface area contributed by atoms with Gasteiger partial charge in [-0.15, -0.1) is 0 Å². The summed E-state index contributed by atoms with van der Waals surface area (Å²) < 4.78 is 0. The zero-order valence-electron chi connectivity index (χ0n) is 11.8. The molecule has 0 radical (unpaired) electrons. The van der Waals surface area contributed by atoms with E-state index in [1.807, 2.05) is 18.2 Å². The standard InChI is InChI=1S/C19H16ClN/c20-17-11-5-3-10-16(17)19-15-9-2-1-7-13(15)14-8-4-6-12-18(14)21-19/h3-6,8,10-12H,1-2,7,9H2. The smallest absolute Gasteiger partial charge is 0.0759 e. The van der Waals surface area contributed by atoms with Crippen molar-refractivity contribution in [3.05, 3.63) is 64.7 Å². The SMILES string of the molecule is Clc1ccccc1-c1nc2ccccc2c2c1CCCC2. The minimum Gasteiger partial charge on any atom is -0.247 e. The molecule has 1 aliphatic carbocycles. The largest absolute Gasteiger partial charge is 0.247 e. The molecule has 0 fully saturated rings. The number of benzene rings is 2. The molecule has 0 saturated heterocycles. The van der Waals surface area contributed by atoms with Crippen LogP contribution in [0.25, 0.3) is 22.2 Å². The molecule has 0 atom stereocenters. The Labute approximate surface area is 129 Å². The molecule has 2 aromatic carbocycles. The molecule has 3 aromatic rings. The minimum absolute atomic E-state index is 0.785. The Morgan fingerprint density at radius 1 is 0.810 bits per heavy atom. The number of pyridine rings is 1. The van der Waals surface area contributed by atoms with Gasteiger partial charge in [-0.2, -0.15) is 0 Å². The van der Waals surface area contributed by atoms with Gasteiger partial charge in [-0.25, -0.2) is 4.98 Å². The molecule has 0 aliphatic heterocycles. The normalized spacial score (nSPS) is 14.1. The summed E-state index contributed by atoms with van der Waals surface area (Å²) >= 11 is 6.41. The summed E-state index contributed by atoms with van der Waals surface area (Å²) in [5.74, 6) is 0. The summed E-state index contributed by atoms with van der Waals surface area (Å²) in [6.45, 7) is 0. The van der Waals surface area contributed by atoms with Crippen molar-refractivity contribution in [1.82, 2.24) is 4.98 Å². The van der Waals surface area contributed by atoms with Crippen LogP contribution in [0, 0.1) is 0 Å². The Morgan fingerprint density at radius 2 is 1.52 bits per heavy atom. The van der Waals surface area contributed by atoms with Crippen LogP contribution in [-0.4, -0.2) is 4.98 Å². The highest BCUT2D eigenvalue weighted by molar-refractivity contribution is 6.33. The van der Waals surface area contributed by atoms with E-state index in [0.29, 0.717) is 0 Å². The summed E-state index contributed by atoms with van der Waals surface area (Å²) in [6, 6.07) is 16.5. The summed E-state index contributed by atoms with van der Waals surface area (Å²) in [6.07, 6.45) is 4.76. The van der Waals surface area contributed by atoms with Gasteiger partial charge in [0.2, 0.25) is 0 Å². The molecule has 1 heterocycles. The van der Waals surface area contributed by atoms with E-state index in [4.69, 9.17) is 16.6 Å². The second kappa shape index (κ2) is 5.16. The summed E-state index contributed by atoms with van der Waals surface area (Å²) in [7, 11) is 0. The highest BCUT2D eigenvalue weighted by Crippen LogP contribution is 2.37. The van der Waals surface area contributed by atoms with Gasteiger partial charge in [-0.05, 0) is 48.9 Å². The Kier molecular flexibility index (Phi) is 3.16. The summed E-state index contributed by atoms with van der Waals surface area (Å²) in [5, 5.41) is 2.09. The highest BCUT2D eigenvalue weighted by Gasteiger charge is 2.19. The van der Waals surface area contributed by atoms with Crippen LogP contribution in [0.2, 0.25) is 5.02 Å². The molecule has 104 valence electrons. The van der Waals surface area contributed by atoms with Crippen molar-refractivity contribution >= 4 is 22.5 Å². The molecular weight excluding hydrogens is 278 g/mol. The molecule has 21 heavy (non-hydrogen) atoms. The Balaban J connectivity index is 2.07. The van der Waals surface area contributed by atoms with Crippen molar-refractivity contribution < 1.29 is 0 Å². The highest BCUT2D eigenvalue weighted by atomic mass is 35.5. The molecule has 2 heteroatoms. The van der Waals surface area contributed by atoms with Gasteiger partial charge in [0.1, 0.15) is 0 Å². The molecular formula is C19H16ClN. The van der Waals surface area contributed by atoms with Crippen LogP contribution in [0.4, 0.5) is 0 Å². The molecule has 0 amide bonds. The van der Waals surface area contributed by atoms with Crippen LogP contribution < -0.4 is 0 Å². The van der Waals surface area contributed by atoms with Gasteiger partial charge < -0.3 is 0 Å². The fourth-order valence-electron chi connectivity index (χ4n) is 3.35. The monoisotopic (exact) mass is 293 g/mol. The lowest BCUT2D eigenvalue weighted by Gasteiger charge is -2.21. The predicted molar refractivity (Wildman–Crippen MR) is 88.8 cm³/mol. The van der Waals surface area contributed by atoms with Gasteiger partial charge in [0.05, 0.1) is 11.2 Å². The first-order valence-electron chi connectivity index (χ1n) is 7.50. The molecule has 4 rings (SSSR count).